The fraction of sp³-hybridized carbons (Fsp3) is 0. The van der Waals surface area contributed by atoms with E-state index in [9.17, 15) is 18.0 Å². The second-order valence-electron chi connectivity index (χ2n) is 2.40. The third kappa shape index (κ3) is 2.35. The van der Waals surface area contributed by atoms with Crippen molar-refractivity contribution in [3.8, 4) is 0 Å². The minimum Gasteiger partial charge on any atom is -0.276 e. The molecule has 0 amide bonds. The number of allylic oxidation sites excluding steroid dienone is 1. The number of hydrogen-bond donors (Lipinski definition) is 0. The van der Waals surface area contributed by atoms with Crippen LogP contribution in [0.4, 0.5) is 13.2 Å². The van der Waals surface area contributed by atoms with Gasteiger partial charge in [0, 0.05) is 5.56 Å². The van der Waals surface area contributed by atoms with Crippen molar-refractivity contribution in [2.24, 2.45) is 0 Å². The molecule has 5 heteroatoms. The third-order valence-corrected chi connectivity index (χ3v) is 1.58. The maximum absolute atomic E-state index is 12.9. The summed E-state index contributed by atoms with van der Waals surface area (Å²) in [6, 6.07) is 1.76. The first-order valence-corrected chi connectivity index (χ1v) is 3.91. The fourth-order valence-electron chi connectivity index (χ4n) is 0.825. The van der Waals surface area contributed by atoms with Crippen molar-refractivity contribution in [3.05, 3.63) is 41.2 Å². The van der Waals surface area contributed by atoms with Crippen LogP contribution in [0.3, 0.4) is 0 Å². The smallest absolute Gasteiger partial charge is 0.245 e. The van der Waals surface area contributed by atoms with E-state index in [1.165, 1.54) is 0 Å². The van der Waals surface area contributed by atoms with Crippen molar-refractivity contribution < 1.29 is 18.0 Å². The van der Waals surface area contributed by atoms with Crippen LogP contribution >= 0.6 is 11.6 Å². The van der Waals surface area contributed by atoms with E-state index < -0.39 is 22.7 Å². The molecule has 0 radical (unpaired) electrons. The predicted octanol–water partition coefficient (Wildman–Crippen LogP) is 2.88. The highest BCUT2D eigenvalue weighted by atomic mass is 35.5. The molecular weight excluding hydrogens is 217 g/mol. The van der Waals surface area contributed by atoms with Gasteiger partial charge in [-0.25, -0.2) is 13.2 Å². The van der Waals surface area contributed by atoms with Gasteiger partial charge in [0.1, 0.15) is 0 Å². The van der Waals surface area contributed by atoms with Crippen molar-refractivity contribution in [1.82, 2.24) is 0 Å². The number of halogens is 4. The summed E-state index contributed by atoms with van der Waals surface area (Å²) in [5.41, 5.74) is -0.238. The second kappa shape index (κ2) is 4.28. The SMILES string of the molecule is O=C(Cl)C=Cc1ccc(F)c(F)c1F. The highest BCUT2D eigenvalue weighted by molar-refractivity contribution is 6.66. The Hall–Kier alpha value is -1.29. The second-order valence-corrected chi connectivity index (χ2v) is 2.77. The zero-order valence-corrected chi connectivity index (χ0v) is 7.49. The fourth-order valence-corrected chi connectivity index (χ4v) is 0.888. The van der Waals surface area contributed by atoms with Gasteiger partial charge in [0.05, 0.1) is 0 Å². The van der Waals surface area contributed by atoms with Gasteiger partial charge in [-0.05, 0) is 35.9 Å². The van der Waals surface area contributed by atoms with Gasteiger partial charge in [0.2, 0.25) is 5.24 Å². The number of carbonyl (C=O) groups is 1. The van der Waals surface area contributed by atoms with Crippen LogP contribution < -0.4 is 0 Å². The van der Waals surface area contributed by atoms with Gasteiger partial charge < -0.3 is 0 Å². The van der Waals surface area contributed by atoms with Crippen molar-refractivity contribution in [1.29, 1.82) is 0 Å². The van der Waals surface area contributed by atoms with E-state index in [-0.39, 0.29) is 5.56 Å². The number of rotatable bonds is 2. The van der Waals surface area contributed by atoms with Gasteiger partial charge in [-0.15, -0.1) is 0 Å². The van der Waals surface area contributed by atoms with Crippen molar-refractivity contribution in [3.63, 3.8) is 0 Å². The molecule has 14 heavy (non-hydrogen) atoms. The molecule has 0 aliphatic rings. The molecule has 0 atom stereocenters. The maximum atomic E-state index is 12.9. The number of hydrogen-bond acceptors (Lipinski definition) is 1. The highest BCUT2D eigenvalue weighted by Gasteiger charge is 2.11. The van der Waals surface area contributed by atoms with Crippen molar-refractivity contribution in [2.45, 2.75) is 0 Å². The molecule has 0 saturated heterocycles. The molecule has 0 fully saturated rings. The molecule has 0 aromatic heterocycles. The molecule has 0 heterocycles. The normalized spacial score (nSPS) is 10.9. The molecule has 0 N–H and O–H groups in total. The summed E-state index contributed by atoms with van der Waals surface area (Å²) in [5, 5.41) is -0.825. The third-order valence-electron chi connectivity index (χ3n) is 1.46. The topological polar surface area (TPSA) is 17.1 Å². The maximum Gasteiger partial charge on any atom is 0.245 e. The molecule has 0 spiro atoms. The first-order chi connectivity index (χ1) is 6.52. The van der Waals surface area contributed by atoms with E-state index in [2.05, 4.69) is 0 Å². The lowest BCUT2D eigenvalue weighted by Crippen LogP contribution is -1.93. The summed E-state index contributed by atoms with van der Waals surface area (Å²) in [6.45, 7) is 0. The molecule has 1 aromatic rings. The zero-order chi connectivity index (χ0) is 10.7. The van der Waals surface area contributed by atoms with E-state index in [4.69, 9.17) is 11.6 Å². The van der Waals surface area contributed by atoms with Crippen LogP contribution in [0.25, 0.3) is 6.08 Å². The molecule has 0 bridgehead atoms. The van der Waals surface area contributed by atoms with Crippen LogP contribution in [0.5, 0.6) is 0 Å². The van der Waals surface area contributed by atoms with Gasteiger partial charge in [-0.2, -0.15) is 0 Å². The summed E-state index contributed by atoms with van der Waals surface area (Å²) in [5.74, 6) is -4.20. The van der Waals surface area contributed by atoms with Gasteiger partial charge in [0.15, 0.2) is 17.5 Å². The van der Waals surface area contributed by atoms with Crippen molar-refractivity contribution in [2.75, 3.05) is 0 Å². The quantitative estimate of drug-likeness (QED) is 0.426. The predicted molar refractivity (Wildman–Crippen MR) is 46.2 cm³/mol. The highest BCUT2D eigenvalue weighted by Crippen LogP contribution is 2.16. The molecule has 1 rings (SSSR count). The molecule has 1 nitrogen and oxygen atoms in total. The van der Waals surface area contributed by atoms with Gasteiger partial charge >= 0.3 is 0 Å². The molecule has 1 aromatic carbocycles. The van der Waals surface area contributed by atoms with Crippen molar-refractivity contribution >= 4 is 22.9 Å². The summed E-state index contributed by atoms with van der Waals surface area (Å²) in [4.78, 5) is 10.3. The van der Waals surface area contributed by atoms with Gasteiger partial charge in [0.25, 0.3) is 0 Å². The lowest BCUT2D eigenvalue weighted by Gasteiger charge is -1.98. The molecular formula is C9H4ClF3O. The van der Waals surface area contributed by atoms with E-state index in [1.807, 2.05) is 0 Å². The average molecular weight is 221 g/mol. The Morgan fingerprint density at radius 3 is 2.43 bits per heavy atom. The number of benzene rings is 1. The largest absolute Gasteiger partial charge is 0.276 e. The molecule has 0 aliphatic carbocycles. The first kappa shape index (κ1) is 10.8. The van der Waals surface area contributed by atoms with Crippen LogP contribution in [0.15, 0.2) is 18.2 Å². The minimum atomic E-state index is -1.57. The molecule has 0 unspecified atom stereocenters. The Morgan fingerprint density at radius 2 is 1.86 bits per heavy atom. The van der Waals surface area contributed by atoms with Crippen LogP contribution in [0.2, 0.25) is 0 Å². The lowest BCUT2D eigenvalue weighted by atomic mass is 10.2. The molecule has 0 saturated carbocycles. The number of carbonyl (C=O) groups excluding carboxylic acids is 1. The Bertz CT molecular complexity index is 401. The minimum absolute atomic E-state index is 0.238. The van der Waals surface area contributed by atoms with Crippen LogP contribution in [-0.4, -0.2) is 5.24 Å². The van der Waals surface area contributed by atoms with E-state index >= 15 is 0 Å². The molecule has 74 valence electrons. The van der Waals surface area contributed by atoms with Gasteiger partial charge in [-0.3, -0.25) is 4.79 Å². The summed E-state index contributed by atoms with van der Waals surface area (Å²) >= 11 is 4.94. The standard InChI is InChI=1S/C9H4ClF3O/c10-7(14)4-2-5-1-3-6(11)9(13)8(5)12/h1-4H. The zero-order valence-electron chi connectivity index (χ0n) is 6.73. The summed E-state index contributed by atoms with van der Waals surface area (Å²) < 4.78 is 37.9. The van der Waals surface area contributed by atoms with Crippen LogP contribution in [0, 0.1) is 17.5 Å². The summed E-state index contributed by atoms with van der Waals surface area (Å²) in [6.07, 6.45) is 1.81. The van der Waals surface area contributed by atoms with E-state index in [0.29, 0.717) is 0 Å². The van der Waals surface area contributed by atoms with Crippen LogP contribution in [-0.2, 0) is 4.79 Å². The Labute approximate surface area is 82.8 Å². The Morgan fingerprint density at radius 1 is 1.21 bits per heavy atom. The monoisotopic (exact) mass is 220 g/mol. The van der Waals surface area contributed by atoms with Crippen LogP contribution in [0.1, 0.15) is 5.56 Å². The first-order valence-electron chi connectivity index (χ1n) is 3.53. The Kier molecular flexibility index (Phi) is 3.30. The lowest BCUT2D eigenvalue weighted by molar-refractivity contribution is -0.107. The summed E-state index contributed by atoms with van der Waals surface area (Å²) in [7, 11) is 0. The van der Waals surface area contributed by atoms with E-state index in [0.717, 1.165) is 24.3 Å². The average Bonchev–Trinajstić information content (AvgIpc) is 2.13. The Balaban J connectivity index is 3.12. The van der Waals surface area contributed by atoms with Gasteiger partial charge in [-0.1, -0.05) is 0 Å². The van der Waals surface area contributed by atoms with E-state index in [1.54, 1.807) is 0 Å². The molecule has 0 aliphatic heterocycles.